The van der Waals surface area contributed by atoms with Crippen LogP contribution in [0, 0.1) is 5.92 Å². The molecule has 1 unspecified atom stereocenters. The van der Waals surface area contributed by atoms with E-state index in [9.17, 15) is 0 Å². The molecule has 1 aliphatic carbocycles. The number of hydrogen-bond donors (Lipinski definition) is 0. The summed E-state index contributed by atoms with van der Waals surface area (Å²) in [6.45, 7) is 5.13. The molecule has 0 N–H and O–H groups in total. The Morgan fingerprint density at radius 1 is 1.22 bits per heavy atom. The van der Waals surface area contributed by atoms with E-state index in [-0.39, 0.29) is 0 Å². The van der Waals surface area contributed by atoms with E-state index in [1.165, 1.54) is 37.0 Å². The molecule has 1 fully saturated rings. The van der Waals surface area contributed by atoms with E-state index < -0.39 is 0 Å². The highest BCUT2D eigenvalue weighted by molar-refractivity contribution is 5.31. The van der Waals surface area contributed by atoms with Crippen LogP contribution in [0.4, 0.5) is 0 Å². The largest absolute Gasteiger partial charge is 0.498 e. The number of rotatable bonds is 7. The first-order valence-electron chi connectivity index (χ1n) is 7.23. The molecule has 1 saturated carbocycles. The van der Waals surface area contributed by atoms with E-state index in [1.807, 2.05) is 0 Å². The highest BCUT2D eigenvalue weighted by atomic mass is 16.5. The van der Waals surface area contributed by atoms with Crippen LogP contribution in [-0.2, 0) is 11.2 Å². The smallest absolute Gasteiger partial charge is 0.0998 e. The predicted octanol–water partition coefficient (Wildman–Crippen LogP) is 4.73. The summed E-state index contributed by atoms with van der Waals surface area (Å²) in [5, 5.41) is 0. The van der Waals surface area contributed by atoms with Gasteiger partial charge in [0.2, 0.25) is 0 Å². The van der Waals surface area contributed by atoms with Crippen molar-refractivity contribution in [3.63, 3.8) is 0 Å². The van der Waals surface area contributed by atoms with Crippen molar-refractivity contribution in [1.82, 2.24) is 0 Å². The van der Waals surface area contributed by atoms with Crippen LogP contribution < -0.4 is 0 Å². The van der Waals surface area contributed by atoms with Gasteiger partial charge in [0.1, 0.15) is 0 Å². The fourth-order valence-electron chi connectivity index (χ4n) is 2.49. The zero-order valence-electron chi connectivity index (χ0n) is 11.6. The lowest BCUT2D eigenvalue weighted by molar-refractivity contribution is 0.220. The normalized spacial score (nSPS) is 20.7. The molecule has 18 heavy (non-hydrogen) atoms. The summed E-state index contributed by atoms with van der Waals surface area (Å²) in [7, 11) is 0. The molecule has 98 valence electrons. The molecule has 0 aliphatic heterocycles. The highest BCUT2D eigenvalue weighted by Gasteiger charge is 2.32. The maximum Gasteiger partial charge on any atom is 0.0998 e. The summed E-state index contributed by atoms with van der Waals surface area (Å²) in [4.78, 5) is 0. The quantitative estimate of drug-likeness (QED) is 0.630. The number of benzene rings is 1. The van der Waals surface area contributed by atoms with Gasteiger partial charge in [-0.1, -0.05) is 50.1 Å². The second-order valence-electron chi connectivity index (χ2n) is 5.09. The fraction of sp³-hybridized carbons (Fsp3) is 0.529. The molecule has 0 radical (unpaired) electrons. The zero-order valence-corrected chi connectivity index (χ0v) is 11.6. The third kappa shape index (κ3) is 3.63. The van der Waals surface area contributed by atoms with Crippen LogP contribution in [0.15, 0.2) is 41.7 Å². The van der Waals surface area contributed by atoms with Crippen LogP contribution in [-0.4, -0.2) is 6.61 Å². The molecule has 1 atom stereocenters. The third-order valence-electron chi connectivity index (χ3n) is 3.59. The van der Waals surface area contributed by atoms with Crippen LogP contribution >= 0.6 is 0 Å². The van der Waals surface area contributed by atoms with Crippen LogP contribution in [0.2, 0.25) is 0 Å². The van der Waals surface area contributed by atoms with Crippen LogP contribution in [0.25, 0.3) is 0 Å². The minimum Gasteiger partial charge on any atom is -0.498 e. The Balaban J connectivity index is 1.99. The van der Waals surface area contributed by atoms with Gasteiger partial charge in [0.15, 0.2) is 0 Å². The van der Waals surface area contributed by atoms with Crippen molar-refractivity contribution >= 4 is 0 Å². The Kier molecular flexibility index (Phi) is 4.86. The molecular weight excluding hydrogens is 220 g/mol. The van der Waals surface area contributed by atoms with Crippen LogP contribution in [0.3, 0.4) is 0 Å². The number of unbranched alkanes of at least 4 members (excludes halogenated alkanes) is 1. The highest BCUT2D eigenvalue weighted by Crippen LogP contribution is 2.44. The molecule has 1 aromatic carbocycles. The Labute approximate surface area is 111 Å². The molecule has 1 aliphatic rings. The van der Waals surface area contributed by atoms with Gasteiger partial charge in [-0.3, -0.25) is 0 Å². The second-order valence-corrected chi connectivity index (χ2v) is 5.09. The number of allylic oxidation sites excluding steroid dienone is 2. The van der Waals surface area contributed by atoms with Gasteiger partial charge in [0, 0.05) is 6.42 Å². The number of hydrogen-bond acceptors (Lipinski definition) is 1. The second kappa shape index (κ2) is 6.63. The van der Waals surface area contributed by atoms with E-state index in [0.29, 0.717) is 0 Å². The van der Waals surface area contributed by atoms with Gasteiger partial charge in [-0.05, 0) is 36.8 Å². The Hall–Kier alpha value is -1.24. The molecule has 1 aromatic rings. The molecule has 1 heteroatoms. The van der Waals surface area contributed by atoms with Gasteiger partial charge >= 0.3 is 0 Å². The van der Waals surface area contributed by atoms with E-state index in [1.54, 1.807) is 5.57 Å². The average Bonchev–Trinajstić information content (AvgIpc) is 3.16. The summed E-state index contributed by atoms with van der Waals surface area (Å²) in [6, 6.07) is 10.6. The molecule has 0 aromatic heterocycles. The van der Waals surface area contributed by atoms with Crippen molar-refractivity contribution in [3.8, 4) is 0 Å². The van der Waals surface area contributed by atoms with E-state index in [2.05, 4.69) is 44.2 Å². The maximum atomic E-state index is 5.86. The number of ether oxygens (including phenoxy) is 1. The Bertz CT molecular complexity index is 391. The summed E-state index contributed by atoms with van der Waals surface area (Å²) < 4.78 is 5.86. The molecule has 0 spiro atoms. The topological polar surface area (TPSA) is 9.23 Å². The summed E-state index contributed by atoms with van der Waals surface area (Å²) in [5.74, 6) is 2.06. The summed E-state index contributed by atoms with van der Waals surface area (Å²) in [5.41, 5.74) is 2.93. The Morgan fingerprint density at radius 2 is 2.00 bits per heavy atom. The van der Waals surface area contributed by atoms with Gasteiger partial charge in [0.05, 0.1) is 12.4 Å². The first-order valence-corrected chi connectivity index (χ1v) is 7.23. The van der Waals surface area contributed by atoms with Gasteiger partial charge in [-0.15, -0.1) is 0 Å². The van der Waals surface area contributed by atoms with Crippen molar-refractivity contribution in [2.45, 2.75) is 46.0 Å². The molecule has 1 nitrogen and oxygen atoms in total. The van der Waals surface area contributed by atoms with E-state index in [0.717, 1.165) is 18.9 Å². The molecule has 0 saturated heterocycles. The third-order valence-corrected chi connectivity index (χ3v) is 3.59. The zero-order chi connectivity index (χ0) is 12.8. The van der Waals surface area contributed by atoms with Gasteiger partial charge < -0.3 is 4.74 Å². The van der Waals surface area contributed by atoms with Gasteiger partial charge in [-0.25, -0.2) is 0 Å². The van der Waals surface area contributed by atoms with Crippen molar-refractivity contribution in [2.24, 2.45) is 5.92 Å². The summed E-state index contributed by atoms with van der Waals surface area (Å²) in [6.07, 6.45) is 6.22. The minimum absolute atomic E-state index is 0.784. The van der Waals surface area contributed by atoms with E-state index >= 15 is 0 Å². The first-order chi connectivity index (χ1) is 8.85. The minimum atomic E-state index is 0.784. The molecule has 0 heterocycles. The lowest BCUT2D eigenvalue weighted by atomic mass is 10.1. The molecule has 2 rings (SSSR count). The van der Waals surface area contributed by atoms with Crippen molar-refractivity contribution < 1.29 is 4.74 Å². The lowest BCUT2D eigenvalue weighted by Gasteiger charge is -2.09. The fourth-order valence-corrected chi connectivity index (χ4v) is 2.49. The average molecular weight is 244 g/mol. The predicted molar refractivity (Wildman–Crippen MR) is 76.4 cm³/mol. The SMILES string of the molecule is CCCCC1C/C1=C(\Cc1ccccc1)OCC. The van der Waals surface area contributed by atoms with Crippen molar-refractivity contribution in [2.75, 3.05) is 6.61 Å². The first kappa shape index (κ1) is 13.2. The standard InChI is InChI=1S/C17H24O/c1-3-5-11-15-13-16(15)17(18-4-2)12-14-9-7-6-8-10-14/h6-10,15H,3-5,11-13H2,1-2H3/b17-16-. The lowest BCUT2D eigenvalue weighted by Crippen LogP contribution is -1.97. The van der Waals surface area contributed by atoms with Gasteiger partial charge in [0.25, 0.3) is 0 Å². The molecule has 0 amide bonds. The van der Waals surface area contributed by atoms with Crippen molar-refractivity contribution in [1.29, 1.82) is 0 Å². The van der Waals surface area contributed by atoms with Crippen LogP contribution in [0.5, 0.6) is 0 Å². The molecular formula is C17H24O. The van der Waals surface area contributed by atoms with Crippen molar-refractivity contribution in [3.05, 3.63) is 47.2 Å². The van der Waals surface area contributed by atoms with Crippen LogP contribution in [0.1, 0.15) is 45.1 Å². The maximum absolute atomic E-state index is 5.86. The Morgan fingerprint density at radius 3 is 2.67 bits per heavy atom. The molecule has 0 bridgehead atoms. The van der Waals surface area contributed by atoms with Gasteiger partial charge in [-0.2, -0.15) is 0 Å². The monoisotopic (exact) mass is 244 g/mol. The summed E-state index contributed by atoms with van der Waals surface area (Å²) >= 11 is 0. The van der Waals surface area contributed by atoms with E-state index in [4.69, 9.17) is 4.74 Å².